The molecule has 6 heteroatoms. The van der Waals surface area contributed by atoms with Gasteiger partial charge in [0.15, 0.2) is 0 Å². The fraction of sp³-hybridized carbons (Fsp3) is 0.533. The molecule has 0 spiro atoms. The van der Waals surface area contributed by atoms with E-state index >= 15 is 0 Å². The molecule has 1 amide bonds. The zero-order valence-corrected chi connectivity index (χ0v) is 13.2. The highest BCUT2D eigenvalue weighted by molar-refractivity contribution is 5.92. The van der Waals surface area contributed by atoms with E-state index in [0.29, 0.717) is 12.2 Å². The predicted molar refractivity (Wildman–Crippen MR) is 84.7 cm³/mol. The molecule has 118 valence electrons. The molecule has 21 heavy (non-hydrogen) atoms. The molecule has 1 unspecified atom stereocenters. The van der Waals surface area contributed by atoms with Crippen molar-refractivity contribution >= 4 is 17.3 Å². The van der Waals surface area contributed by atoms with Crippen molar-refractivity contribution in [1.82, 2.24) is 9.80 Å². The highest BCUT2D eigenvalue weighted by atomic mass is 19.1. The maximum atomic E-state index is 13.1. The maximum absolute atomic E-state index is 13.1. The van der Waals surface area contributed by atoms with E-state index < -0.39 is 5.82 Å². The number of carbonyl (C=O) groups excluding carboxylic acids is 1. The number of nitrogen functional groups attached to an aromatic ring is 1. The summed E-state index contributed by atoms with van der Waals surface area (Å²) in [4.78, 5) is 16.2. The largest absolute Gasteiger partial charge is 0.396 e. The molecule has 0 aliphatic carbocycles. The van der Waals surface area contributed by atoms with Crippen LogP contribution in [0.4, 0.5) is 15.8 Å². The standard InChI is InChI=1S/C15H25FN4O/c1-5-20(11(2)9-19(3)4)10-15(21)18-12-6-7-13(16)14(17)8-12/h6-8,11H,5,9-10,17H2,1-4H3,(H,18,21). The van der Waals surface area contributed by atoms with E-state index in [1.54, 1.807) is 0 Å². The van der Waals surface area contributed by atoms with Gasteiger partial charge < -0.3 is 16.0 Å². The number of halogens is 1. The average Bonchev–Trinajstić information content (AvgIpc) is 2.39. The summed E-state index contributed by atoms with van der Waals surface area (Å²) in [6.45, 7) is 6.07. The van der Waals surface area contributed by atoms with Crippen LogP contribution in [0.25, 0.3) is 0 Å². The van der Waals surface area contributed by atoms with Crippen LogP contribution in [0.15, 0.2) is 18.2 Å². The fourth-order valence-electron chi connectivity index (χ4n) is 2.23. The monoisotopic (exact) mass is 296 g/mol. The first-order valence-corrected chi connectivity index (χ1v) is 7.07. The Morgan fingerprint density at radius 2 is 2.10 bits per heavy atom. The summed E-state index contributed by atoms with van der Waals surface area (Å²) < 4.78 is 13.1. The lowest BCUT2D eigenvalue weighted by atomic mass is 10.2. The Bertz CT molecular complexity index is 479. The summed E-state index contributed by atoms with van der Waals surface area (Å²) in [6.07, 6.45) is 0. The van der Waals surface area contributed by atoms with Gasteiger partial charge in [-0.1, -0.05) is 6.92 Å². The van der Waals surface area contributed by atoms with Gasteiger partial charge in [-0.2, -0.15) is 0 Å². The number of hydrogen-bond donors (Lipinski definition) is 2. The zero-order chi connectivity index (χ0) is 16.0. The molecular formula is C15H25FN4O. The van der Waals surface area contributed by atoms with E-state index in [1.165, 1.54) is 18.2 Å². The van der Waals surface area contributed by atoms with Gasteiger partial charge in [-0.25, -0.2) is 4.39 Å². The second kappa shape index (κ2) is 7.95. The molecule has 3 N–H and O–H groups in total. The van der Waals surface area contributed by atoms with Crippen LogP contribution in [0.2, 0.25) is 0 Å². The Morgan fingerprint density at radius 1 is 1.43 bits per heavy atom. The first kappa shape index (κ1) is 17.4. The van der Waals surface area contributed by atoms with E-state index in [2.05, 4.69) is 22.0 Å². The number of nitrogens with zero attached hydrogens (tertiary/aromatic N) is 2. The van der Waals surface area contributed by atoms with Gasteiger partial charge in [0.05, 0.1) is 12.2 Å². The number of likely N-dealkylation sites (N-methyl/N-ethyl adjacent to an activating group) is 2. The van der Waals surface area contributed by atoms with Crippen LogP contribution in [0.3, 0.4) is 0 Å². The Morgan fingerprint density at radius 3 is 2.62 bits per heavy atom. The van der Waals surface area contributed by atoms with Gasteiger partial charge in [-0.05, 0) is 45.8 Å². The van der Waals surface area contributed by atoms with Crippen molar-refractivity contribution in [3.63, 3.8) is 0 Å². The number of benzene rings is 1. The second-order valence-corrected chi connectivity index (χ2v) is 5.46. The third kappa shape index (κ3) is 5.69. The highest BCUT2D eigenvalue weighted by Crippen LogP contribution is 2.16. The van der Waals surface area contributed by atoms with Crippen LogP contribution in [0.5, 0.6) is 0 Å². The first-order chi connectivity index (χ1) is 9.83. The molecule has 0 bridgehead atoms. The molecule has 0 aromatic heterocycles. The lowest BCUT2D eigenvalue weighted by molar-refractivity contribution is -0.117. The predicted octanol–water partition coefficient (Wildman–Crippen LogP) is 1.62. The van der Waals surface area contributed by atoms with Crippen LogP contribution in [0.1, 0.15) is 13.8 Å². The molecule has 1 aromatic carbocycles. The van der Waals surface area contributed by atoms with Gasteiger partial charge in [-0.15, -0.1) is 0 Å². The van der Waals surface area contributed by atoms with Crippen LogP contribution >= 0.6 is 0 Å². The average molecular weight is 296 g/mol. The van der Waals surface area contributed by atoms with Gasteiger partial charge in [-0.3, -0.25) is 9.69 Å². The maximum Gasteiger partial charge on any atom is 0.238 e. The Balaban J connectivity index is 2.60. The van der Waals surface area contributed by atoms with Crippen LogP contribution in [-0.2, 0) is 4.79 Å². The molecule has 0 aliphatic heterocycles. The molecule has 1 atom stereocenters. The highest BCUT2D eigenvalue weighted by Gasteiger charge is 2.16. The van der Waals surface area contributed by atoms with Gasteiger partial charge >= 0.3 is 0 Å². The minimum atomic E-state index is -0.484. The van der Waals surface area contributed by atoms with Crippen molar-refractivity contribution in [2.45, 2.75) is 19.9 Å². The topological polar surface area (TPSA) is 61.6 Å². The third-order valence-electron chi connectivity index (χ3n) is 3.29. The SMILES string of the molecule is CCN(CC(=O)Nc1ccc(F)c(N)c1)C(C)CN(C)C. The number of rotatable bonds is 7. The molecule has 0 saturated carbocycles. The van der Waals surface area contributed by atoms with Crippen molar-refractivity contribution in [3.05, 3.63) is 24.0 Å². The normalized spacial score (nSPS) is 12.7. The van der Waals surface area contributed by atoms with Gasteiger partial charge in [0.25, 0.3) is 0 Å². The van der Waals surface area contributed by atoms with Crippen molar-refractivity contribution < 1.29 is 9.18 Å². The summed E-state index contributed by atoms with van der Waals surface area (Å²) in [5.41, 5.74) is 6.02. The molecule has 0 aliphatic rings. The number of hydrogen-bond acceptors (Lipinski definition) is 4. The van der Waals surface area contributed by atoms with Gasteiger partial charge in [0.1, 0.15) is 5.82 Å². The number of nitrogens with one attached hydrogen (secondary N) is 1. The summed E-state index contributed by atoms with van der Waals surface area (Å²) >= 11 is 0. The van der Waals surface area contributed by atoms with Crippen molar-refractivity contribution in [1.29, 1.82) is 0 Å². The van der Waals surface area contributed by atoms with E-state index in [9.17, 15) is 9.18 Å². The Kier molecular flexibility index (Phi) is 6.58. The molecule has 5 nitrogen and oxygen atoms in total. The minimum Gasteiger partial charge on any atom is -0.396 e. The molecule has 0 heterocycles. The van der Waals surface area contributed by atoms with E-state index in [4.69, 9.17) is 5.73 Å². The van der Waals surface area contributed by atoms with Crippen molar-refractivity contribution in [2.24, 2.45) is 0 Å². The number of nitrogens with two attached hydrogens (primary N) is 1. The number of anilines is 2. The molecule has 1 aromatic rings. The lowest BCUT2D eigenvalue weighted by Crippen LogP contribution is -2.43. The van der Waals surface area contributed by atoms with E-state index in [-0.39, 0.29) is 17.6 Å². The van der Waals surface area contributed by atoms with Gasteiger partial charge in [0, 0.05) is 18.3 Å². The van der Waals surface area contributed by atoms with Crippen molar-refractivity contribution in [3.8, 4) is 0 Å². The molecule has 0 saturated heterocycles. The minimum absolute atomic E-state index is 0.0288. The molecular weight excluding hydrogens is 271 g/mol. The van der Waals surface area contributed by atoms with E-state index in [0.717, 1.165) is 13.1 Å². The molecule has 0 fully saturated rings. The van der Waals surface area contributed by atoms with E-state index in [1.807, 2.05) is 21.0 Å². The Hall–Kier alpha value is -1.66. The third-order valence-corrected chi connectivity index (χ3v) is 3.29. The fourth-order valence-corrected chi connectivity index (χ4v) is 2.23. The van der Waals surface area contributed by atoms with Gasteiger partial charge in [0.2, 0.25) is 5.91 Å². The summed E-state index contributed by atoms with van der Waals surface area (Å²) in [5.74, 6) is -0.615. The zero-order valence-electron chi connectivity index (χ0n) is 13.2. The van der Waals surface area contributed by atoms with Crippen LogP contribution < -0.4 is 11.1 Å². The smallest absolute Gasteiger partial charge is 0.238 e. The first-order valence-electron chi connectivity index (χ1n) is 7.07. The number of carbonyl (C=O) groups is 1. The lowest BCUT2D eigenvalue weighted by Gasteiger charge is -2.29. The second-order valence-electron chi connectivity index (χ2n) is 5.46. The number of amides is 1. The Labute approximate surface area is 125 Å². The van der Waals surface area contributed by atoms with Crippen LogP contribution in [-0.4, -0.2) is 55.5 Å². The molecule has 0 radical (unpaired) electrons. The van der Waals surface area contributed by atoms with Crippen molar-refractivity contribution in [2.75, 3.05) is 44.8 Å². The summed E-state index contributed by atoms with van der Waals surface area (Å²) in [7, 11) is 4.01. The summed E-state index contributed by atoms with van der Waals surface area (Å²) in [6, 6.07) is 4.45. The quantitative estimate of drug-likeness (QED) is 0.751. The van der Waals surface area contributed by atoms with Crippen LogP contribution in [0, 0.1) is 5.82 Å². The molecule has 1 rings (SSSR count). The summed E-state index contributed by atoms with van der Waals surface area (Å²) in [5, 5.41) is 2.74.